The highest BCUT2D eigenvalue weighted by atomic mass is 16.5. The van der Waals surface area contributed by atoms with E-state index in [0.717, 1.165) is 16.7 Å². The van der Waals surface area contributed by atoms with Crippen LogP contribution < -0.4 is 0 Å². The number of carbonyl (C=O) groups excluding carboxylic acids is 1. The number of phenols is 1. The van der Waals surface area contributed by atoms with Gasteiger partial charge in [0.15, 0.2) is 0 Å². The van der Waals surface area contributed by atoms with E-state index < -0.39 is 5.97 Å². The molecule has 0 aliphatic rings. The highest BCUT2D eigenvalue weighted by Gasteiger charge is 2.28. The van der Waals surface area contributed by atoms with E-state index >= 15 is 0 Å². The molecule has 0 amide bonds. The zero-order valence-corrected chi connectivity index (χ0v) is 16.6. The van der Waals surface area contributed by atoms with E-state index in [1.807, 2.05) is 66.7 Å². The molecule has 1 N–H and O–H groups in total. The second kappa shape index (κ2) is 7.31. The van der Waals surface area contributed by atoms with Gasteiger partial charge in [0.2, 0.25) is 0 Å². The van der Waals surface area contributed by atoms with Gasteiger partial charge in [-0.25, -0.2) is 4.79 Å². The quantitative estimate of drug-likeness (QED) is 0.484. The molecule has 136 valence electrons. The monoisotopic (exact) mass is 343 g/mol. The van der Waals surface area contributed by atoms with Crippen LogP contribution in [0.3, 0.4) is 0 Å². The van der Waals surface area contributed by atoms with Crippen LogP contribution in [0, 0.1) is 11.3 Å². The Bertz CT molecular complexity index is 703. The summed E-state index contributed by atoms with van der Waals surface area (Å²) in [5, 5.41) is 20.3. The zero-order valence-electron chi connectivity index (χ0n) is 16.6. The van der Waals surface area contributed by atoms with Gasteiger partial charge in [0, 0.05) is 11.1 Å². The van der Waals surface area contributed by atoms with Crippen LogP contribution in [-0.4, -0.2) is 18.2 Å². The normalized spacial score (nSPS) is 13.1. The fraction of sp³-hybridized carbons (Fsp3) is 0.524. The largest absolute Gasteiger partial charge is 0.507 e. The van der Waals surface area contributed by atoms with Gasteiger partial charge in [-0.3, -0.25) is 0 Å². The molecule has 1 aromatic rings. The van der Waals surface area contributed by atoms with Crippen LogP contribution >= 0.6 is 0 Å². The molecule has 0 spiro atoms. The minimum absolute atomic E-state index is 0.00964. The molecule has 0 atom stereocenters. The number of hydrogen-bond acceptors (Lipinski definition) is 4. The Kier molecular flexibility index (Phi) is 6.07. The maximum Gasteiger partial charge on any atom is 0.348 e. The number of phenolic OH excluding ortho intramolecular Hbond substituents is 1. The van der Waals surface area contributed by atoms with Crippen LogP contribution in [0.4, 0.5) is 0 Å². The van der Waals surface area contributed by atoms with E-state index in [1.54, 1.807) is 0 Å². The SMILES string of the molecule is CCC(=C(C#N)C(=O)OC)c1cc(C(C)(C)C)c(O)c(C(C)(C)C)c1. The Morgan fingerprint density at radius 3 is 1.84 bits per heavy atom. The number of esters is 1. The lowest BCUT2D eigenvalue weighted by molar-refractivity contribution is -0.135. The minimum atomic E-state index is -0.637. The van der Waals surface area contributed by atoms with Gasteiger partial charge in [0.25, 0.3) is 0 Å². The van der Waals surface area contributed by atoms with E-state index in [4.69, 9.17) is 4.74 Å². The lowest BCUT2D eigenvalue weighted by Crippen LogP contribution is -2.18. The van der Waals surface area contributed by atoms with E-state index in [-0.39, 0.29) is 22.2 Å². The Balaban J connectivity index is 3.91. The molecule has 0 saturated carbocycles. The summed E-state index contributed by atoms with van der Waals surface area (Å²) in [7, 11) is 1.27. The first-order valence-electron chi connectivity index (χ1n) is 8.48. The molecular formula is C21H29NO3. The summed E-state index contributed by atoms with van der Waals surface area (Å²) < 4.78 is 4.76. The van der Waals surface area contributed by atoms with Crippen molar-refractivity contribution in [2.75, 3.05) is 7.11 Å². The van der Waals surface area contributed by atoms with Gasteiger partial charge in [0.05, 0.1) is 7.11 Å². The second-order valence-corrected chi connectivity index (χ2v) is 8.23. The molecule has 0 aliphatic carbocycles. The summed E-state index contributed by atoms with van der Waals surface area (Å²) in [4.78, 5) is 12.0. The maximum atomic E-state index is 12.0. The number of carbonyl (C=O) groups is 1. The second-order valence-electron chi connectivity index (χ2n) is 8.23. The Morgan fingerprint density at radius 2 is 1.56 bits per heavy atom. The van der Waals surface area contributed by atoms with Gasteiger partial charge in [-0.1, -0.05) is 48.5 Å². The van der Waals surface area contributed by atoms with Gasteiger partial charge in [-0.15, -0.1) is 0 Å². The summed E-state index contributed by atoms with van der Waals surface area (Å²) in [6.07, 6.45) is 0.510. The Labute approximate surface area is 151 Å². The zero-order chi connectivity index (χ0) is 19.6. The standard InChI is InChI=1S/C21H29NO3/c1-9-14(15(12-22)19(24)25-8)13-10-16(20(2,3)4)18(23)17(11-13)21(5,6)7/h10-11,23H,9H2,1-8H3. The molecule has 1 aromatic carbocycles. The molecule has 0 aromatic heterocycles. The summed E-state index contributed by atoms with van der Waals surface area (Å²) in [5.41, 5.74) is 2.44. The first kappa shape index (κ1) is 20.8. The van der Waals surface area contributed by atoms with Crippen LogP contribution in [0.25, 0.3) is 5.57 Å². The smallest absolute Gasteiger partial charge is 0.348 e. The average molecular weight is 343 g/mol. The van der Waals surface area contributed by atoms with E-state index in [9.17, 15) is 15.2 Å². The predicted octanol–water partition coefficient (Wildman–Crippen LogP) is 4.85. The van der Waals surface area contributed by atoms with E-state index in [2.05, 4.69) is 0 Å². The van der Waals surface area contributed by atoms with Crippen molar-refractivity contribution >= 4 is 11.5 Å². The highest BCUT2D eigenvalue weighted by molar-refractivity contribution is 6.01. The van der Waals surface area contributed by atoms with Crippen LogP contribution in [0.1, 0.15) is 71.6 Å². The number of nitrogens with zero attached hydrogens (tertiary/aromatic N) is 1. The number of methoxy groups -OCH3 is 1. The Morgan fingerprint density at radius 1 is 1.12 bits per heavy atom. The fourth-order valence-electron chi connectivity index (χ4n) is 2.82. The van der Waals surface area contributed by atoms with Gasteiger partial charge in [-0.2, -0.15) is 5.26 Å². The van der Waals surface area contributed by atoms with Crippen molar-refractivity contribution in [2.45, 2.75) is 65.7 Å². The van der Waals surface area contributed by atoms with Crippen molar-refractivity contribution < 1.29 is 14.6 Å². The maximum absolute atomic E-state index is 12.0. The first-order chi connectivity index (χ1) is 11.4. The van der Waals surface area contributed by atoms with Crippen molar-refractivity contribution in [1.29, 1.82) is 5.26 Å². The average Bonchev–Trinajstić information content (AvgIpc) is 2.50. The number of aromatic hydroxyl groups is 1. The third kappa shape index (κ3) is 4.42. The van der Waals surface area contributed by atoms with Crippen molar-refractivity contribution in [2.24, 2.45) is 0 Å². The number of ether oxygens (including phenoxy) is 1. The summed E-state index contributed by atoms with van der Waals surface area (Å²) in [6.45, 7) is 14.1. The molecule has 1 rings (SSSR count). The molecule has 25 heavy (non-hydrogen) atoms. The van der Waals surface area contributed by atoms with Crippen LogP contribution in [0.2, 0.25) is 0 Å². The molecule has 0 bridgehead atoms. The summed E-state index contributed by atoms with van der Waals surface area (Å²) in [5.74, 6) is -0.363. The number of benzene rings is 1. The summed E-state index contributed by atoms with van der Waals surface area (Å²) >= 11 is 0. The topological polar surface area (TPSA) is 70.3 Å². The molecule has 0 heterocycles. The van der Waals surface area contributed by atoms with Crippen molar-refractivity contribution in [3.05, 3.63) is 34.4 Å². The highest BCUT2D eigenvalue weighted by Crippen LogP contribution is 2.41. The molecule has 0 aliphatic heterocycles. The molecule has 0 radical (unpaired) electrons. The van der Waals surface area contributed by atoms with Gasteiger partial charge in [-0.05, 0) is 40.5 Å². The van der Waals surface area contributed by atoms with Crippen LogP contribution in [0.15, 0.2) is 17.7 Å². The molecule has 4 heteroatoms. The number of rotatable bonds is 3. The molecule has 0 unspecified atom stereocenters. The van der Waals surface area contributed by atoms with Gasteiger partial charge in [0.1, 0.15) is 17.4 Å². The van der Waals surface area contributed by atoms with Gasteiger partial charge < -0.3 is 9.84 Å². The lowest BCUT2D eigenvalue weighted by atomic mass is 9.77. The van der Waals surface area contributed by atoms with Crippen LogP contribution in [0.5, 0.6) is 5.75 Å². The van der Waals surface area contributed by atoms with Crippen molar-refractivity contribution in [3.63, 3.8) is 0 Å². The lowest BCUT2D eigenvalue weighted by Gasteiger charge is -2.28. The Hall–Kier alpha value is -2.28. The predicted molar refractivity (Wildman–Crippen MR) is 100 cm³/mol. The first-order valence-corrected chi connectivity index (χ1v) is 8.48. The molecular weight excluding hydrogens is 314 g/mol. The van der Waals surface area contributed by atoms with E-state index in [0.29, 0.717) is 12.0 Å². The van der Waals surface area contributed by atoms with E-state index in [1.165, 1.54) is 7.11 Å². The summed E-state index contributed by atoms with van der Waals surface area (Å²) in [6, 6.07) is 5.73. The van der Waals surface area contributed by atoms with Gasteiger partial charge >= 0.3 is 5.97 Å². The molecule has 0 fully saturated rings. The number of nitriles is 1. The fourth-order valence-corrected chi connectivity index (χ4v) is 2.82. The molecule has 0 saturated heterocycles. The minimum Gasteiger partial charge on any atom is -0.507 e. The third-order valence-electron chi connectivity index (χ3n) is 4.23. The van der Waals surface area contributed by atoms with Crippen molar-refractivity contribution in [3.8, 4) is 11.8 Å². The number of allylic oxidation sites excluding steroid dienone is 1. The van der Waals surface area contributed by atoms with Crippen LogP contribution in [-0.2, 0) is 20.4 Å². The molecule has 4 nitrogen and oxygen atoms in total. The number of hydrogen-bond donors (Lipinski definition) is 1. The third-order valence-corrected chi connectivity index (χ3v) is 4.23. The van der Waals surface area contributed by atoms with Crippen molar-refractivity contribution in [1.82, 2.24) is 0 Å².